The Morgan fingerprint density at radius 2 is 1.81 bits per heavy atom. The summed E-state index contributed by atoms with van der Waals surface area (Å²) in [5.74, 6) is -0.628. The predicted molar refractivity (Wildman–Crippen MR) is 102 cm³/mol. The first-order valence-corrected chi connectivity index (χ1v) is 8.74. The van der Waals surface area contributed by atoms with Gasteiger partial charge in [0.25, 0.3) is 0 Å². The highest BCUT2D eigenvalue weighted by Crippen LogP contribution is 2.30. The Bertz CT molecular complexity index is 799. The van der Waals surface area contributed by atoms with Crippen LogP contribution in [0, 0.1) is 20.8 Å². The smallest absolute Gasteiger partial charge is 0.343 e. The number of rotatable bonds is 6. The second kappa shape index (κ2) is 8.34. The average Bonchev–Trinajstić information content (AvgIpc) is 2.59. The molecule has 5 nitrogen and oxygen atoms in total. The summed E-state index contributed by atoms with van der Waals surface area (Å²) in [6, 6.07) is 8.41. The molecule has 0 aromatic heterocycles. The number of carbonyl (C=O) groups excluding carboxylic acids is 1. The summed E-state index contributed by atoms with van der Waals surface area (Å²) in [5, 5.41) is 23.5. The highest BCUT2D eigenvalue weighted by molar-refractivity contribution is 5.93. The minimum Gasteiger partial charge on any atom is -0.504 e. The van der Waals surface area contributed by atoms with Gasteiger partial charge >= 0.3 is 5.97 Å². The van der Waals surface area contributed by atoms with E-state index in [-0.39, 0.29) is 17.5 Å². The third kappa shape index (κ3) is 4.62. The van der Waals surface area contributed by atoms with Crippen molar-refractivity contribution in [3.05, 3.63) is 58.1 Å². The largest absolute Gasteiger partial charge is 0.504 e. The van der Waals surface area contributed by atoms with E-state index in [1.807, 2.05) is 40.7 Å². The Kier molecular flexibility index (Phi) is 6.40. The molecule has 1 atom stereocenters. The maximum atomic E-state index is 12.5. The first kappa shape index (κ1) is 19.9. The van der Waals surface area contributed by atoms with Crippen LogP contribution in [-0.2, 0) is 0 Å². The van der Waals surface area contributed by atoms with Crippen LogP contribution < -0.4 is 10.1 Å². The molecule has 1 unspecified atom stereocenters. The fraction of sp³-hybridized carbons (Fsp3) is 0.381. The van der Waals surface area contributed by atoms with Gasteiger partial charge in [-0.15, -0.1) is 0 Å². The number of aliphatic hydroxyl groups excluding tert-OH is 1. The lowest BCUT2D eigenvalue weighted by Gasteiger charge is -2.16. The number of aliphatic hydroxyl groups is 1. The number of phenols is 1. The molecule has 0 aliphatic carbocycles. The van der Waals surface area contributed by atoms with Gasteiger partial charge in [0.2, 0.25) is 0 Å². The van der Waals surface area contributed by atoms with Crippen LogP contribution in [0.2, 0.25) is 0 Å². The van der Waals surface area contributed by atoms with E-state index in [0.717, 1.165) is 16.7 Å². The van der Waals surface area contributed by atoms with E-state index in [1.54, 1.807) is 12.1 Å². The minimum atomic E-state index is -0.755. The lowest BCUT2D eigenvalue weighted by molar-refractivity contribution is 0.0728. The summed E-state index contributed by atoms with van der Waals surface area (Å²) in [6.07, 6.45) is -0.755. The van der Waals surface area contributed by atoms with Gasteiger partial charge in [0.05, 0.1) is 11.7 Å². The number of carbonyl (C=O) groups is 1. The Morgan fingerprint density at radius 1 is 1.12 bits per heavy atom. The van der Waals surface area contributed by atoms with Gasteiger partial charge in [0, 0.05) is 12.6 Å². The van der Waals surface area contributed by atoms with Crippen LogP contribution in [0.25, 0.3) is 0 Å². The van der Waals surface area contributed by atoms with Gasteiger partial charge in [-0.25, -0.2) is 4.79 Å². The van der Waals surface area contributed by atoms with Crippen LogP contribution in [0.5, 0.6) is 11.5 Å². The zero-order valence-electron chi connectivity index (χ0n) is 16.0. The molecule has 0 aliphatic rings. The molecule has 2 rings (SSSR count). The van der Waals surface area contributed by atoms with Crippen molar-refractivity contribution in [2.75, 3.05) is 6.54 Å². The van der Waals surface area contributed by atoms with Crippen molar-refractivity contribution < 1.29 is 19.7 Å². The summed E-state index contributed by atoms with van der Waals surface area (Å²) in [5.41, 5.74) is 4.03. The number of aromatic hydroxyl groups is 1. The van der Waals surface area contributed by atoms with Gasteiger partial charge in [0.15, 0.2) is 11.5 Å². The van der Waals surface area contributed by atoms with Crippen molar-refractivity contribution in [2.24, 2.45) is 0 Å². The first-order chi connectivity index (χ1) is 12.2. The van der Waals surface area contributed by atoms with Crippen LogP contribution in [0.3, 0.4) is 0 Å². The lowest BCUT2D eigenvalue weighted by atomic mass is 9.99. The quantitative estimate of drug-likeness (QED) is 0.544. The van der Waals surface area contributed by atoms with Crippen molar-refractivity contribution in [2.45, 2.75) is 46.8 Å². The SMILES string of the molecule is Cc1ccc(C(=O)Oc2ccc(C(O)CNC(C)C)cc2O)c(C)c1C. The van der Waals surface area contributed by atoms with Gasteiger partial charge in [-0.3, -0.25) is 0 Å². The molecule has 0 heterocycles. The molecule has 26 heavy (non-hydrogen) atoms. The summed E-state index contributed by atoms with van der Waals surface area (Å²) < 4.78 is 5.35. The Hall–Kier alpha value is -2.37. The fourth-order valence-corrected chi connectivity index (χ4v) is 2.63. The molecular formula is C21H27NO4. The third-order valence-electron chi connectivity index (χ3n) is 4.57. The molecular weight excluding hydrogens is 330 g/mol. The second-order valence-corrected chi connectivity index (χ2v) is 6.88. The predicted octanol–water partition coefficient (Wildman–Crippen LogP) is 3.57. The Morgan fingerprint density at radius 3 is 2.42 bits per heavy atom. The average molecular weight is 357 g/mol. The number of benzene rings is 2. The number of hydrogen-bond acceptors (Lipinski definition) is 5. The monoisotopic (exact) mass is 357 g/mol. The number of phenolic OH excluding ortho intramolecular Hbond substituents is 1. The van der Waals surface area contributed by atoms with E-state index >= 15 is 0 Å². The topological polar surface area (TPSA) is 78.8 Å². The van der Waals surface area contributed by atoms with Crippen molar-refractivity contribution in [3.63, 3.8) is 0 Å². The minimum absolute atomic E-state index is 0.0698. The standard InChI is InChI=1S/C21H27NO4/c1-12(2)22-11-19(24)16-7-9-20(18(23)10-16)26-21(25)17-8-6-13(3)14(4)15(17)5/h6-10,12,19,22-24H,11H2,1-5H3. The van der Waals surface area contributed by atoms with Gasteiger partial charge in [0.1, 0.15) is 0 Å². The molecule has 0 aliphatic heterocycles. The first-order valence-electron chi connectivity index (χ1n) is 8.74. The normalized spacial score (nSPS) is 12.3. The molecule has 2 aromatic rings. The van der Waals surface area contributed by atoms with Gasteiger partial charge < -0.3 is 20.3 Å². The molecule has 0 spiro atoms. The van der Waals surface area contributed by atoms with Crippen LogP contribution in [0.15, 0.2) is 30.3 Å². The van der Waals surface area contributed by atoms with Crippen molar-refractivity contribution in [1.82, 2.24) is 5.32 Å². The van der Waals surface area contributed by atoms with Gasteiger partial charge in [-0.2, -0.15) is 0 Å². The molecule has 0 amide bonds. The maximum absolute atomic E-state index is 12.5. The Labute approximate surface area is 154 Å². The zero-order valence-corrected chi connectivity index (χ0v) is 16.0. The van der Waals surface area contributed by atoms with Crippen LogP contribution in [-0.4, -0.2) is 28.8 Å². The number of esters is 1. The molecule has 140 valence electrons. The van der Waals surface area contributed by atoms with E-state index < -0.39 is 12.1 Å². The van der Waals surface area contributed by atoms with Gasteiger partial charge in [-0.05, 0) is 61.2 Å². The highest BCUT2D eigenvalue weighted by atomic mass is 16.5. The number of nitrogens with one attached hydrogen (secondary N) is 1. The van der Waals surface area contributed by atoms with E-state index in [1.165, 1.54) is 12.1 Å². The second-order valence-electron chi connectivity index (χ2n) is 6.88. The zero-order chi connectivity index (χ0) is 19.4. The van der Waals surface area contributed by atoms with Crippen molar-refractivity contribution in [3.8, 4) is 11.5 Å². The van der Waals surface area contributed by atoms with Crippen molar-refractivity contribution in [1.29, 1.82) is 0 Å². The van der Waals surface area contributed by atoms with E-state index in [9.17, 15) is 15.0 Å². The Balaban J connectivity index is 2.15. The number of hydrogen-bond donors (Lipinski definition) is 3. The summed E-state index contributed by atoms with van der Waals surface area (Å²) in [4.78, 5) is 12.5. The number of aryl methyl sites for hydroxylation is 1. The van der Waals surface area contributed by atoms with Crippen LogP contribution in [0.4, 0.5) is 0 Å². The maximum Gasteiger partial charge on any atom is 0.343 e. The molecule has 0 saturated heterocycles. The molecule has 0 radical (unpaired) electrons. The third-order valence-corrected chi connectivity index (χ3v) is 4.57. The van der Waals surface area contributed by atoms with E-state index in [2.05, 4.69) is 5.32 Å². The molecule has 2 aromatic carbocycles. The molecule has 0 fully saturated rings. The van der Waals surface area contributed by atoms with Crippen LogP contribution >= 0.6 is 0 Å². The molecule has 3 N–H and O–H groups in total. The molecule has 0 bridgehead atoms. The number of ether oxygens (including phenoxy) is 1. The van der Waals surface area contributed by atoms with E-state index in [0.29, 0.717) is 17.7 Å². The summed E-state index contributed by atoms with van der Waals surface area (Å²) >= 11 is 0. The summed E-state index contributed by atoms with van der Waals surface area (Å²) in [7, 11) is 0. The molecule has 0 saturated carbocycles. The highest BCUT2D eigenvalue weighted by Gasteiger charge is 2.17. The lowest BCUT2D eigenvalue weighted by Crippen LogP contribution is -2.27. The van der Waals surface area contributed by atoms with E-state index in [4.69, 9.17) is 4.74 Å². The van der Waals surface area contributed by atoms with Crippen molar-refractivity contribution >= 4 is 5.97 Å². The summed E-state index contributed by atoms with van der Waals surface area (Å²) in [6.45, 7) is 10.2. The van der Waals surface area contributed by atoms with Crippen LogP contribution in [0.1, 0.15) is 52.6 Å². The fourth-order valence-electron chi connectivity index (χ4n) is 2.63. The molecule has 5 heteroatoms. The van der Waals surface area contributed by atoms with Gasteiger partial charge in [-0.1, -0.05) is 26.0 Å².